The molecule has 0 spiro atoms. The molecule has 0 aliphatic heterocycles. The summed E-state index contributed by atoms with van der Waals surface area (Å²) in [5.41, 5.74) is 5.14. The molecule has 0 bridgehead atoms. The van der Waals surface area contributed by atoms with Gasteiger partial charge in [0, 0.05) is 0 Å². The Labute approximate surface area is 219 Å². The normalized spacial score (nSPS) is 13.2. The van der Waals surface area contributed by atoms with Crippen molar-refractivity contribution in [2.45, 2.75) is 115 Å². The highest BCUT2D eigenvalue weighted by Gasteiger charge is 2.29. The fourth-order valence-corrected chi connectivity index (χ4v) is 7.83. The summed E-state index contributed by atoms with van der Waals surface area (Å²) in [6.07, 6.45) is 0. The SMILES string of the molecule is Cc1cc(SSc2cc(C)cc(C(C)(C)C)c2O[Si](C)(C)C)c(O[Si](C)(C)C)c(C(C)(C)C)c1. The lowest BCUT2D eigenvalue weighted by molar-refractivity contribution is 0.496. The van der Waals surface area contributed by atoms with Gasteiger partial charge in [0.1, 0.15) is 11.5 Å². The molecular formula is C28H46O2S2Si2. The summed E-state index contributed by atoms with van der Waals surface area (Å²) in [5, 5.41) is 0. The quantitative estimate of drug-likeness (QED) is 0.260. The maximum absolute atomic E-state index is 6.73. The lowest BCUT2D eigenvalue weighted by atomic mass is 9.85. The summed E-state index contributed by atoms with van der Waals surface area (Å²) < 4.78 is 13.5. The Morgan fingerprint density at radius 3 is 1.09 bits per heavy atom. The third-order valence-electron chi connectivity index (χ3n) is 5.05. The molecule has 2 rings (SSSR count). The Hall–Kier alpha value is -0.826. The van der Waals surface area contributed by atoms with E-state index in [4.69, 9.17) is 8.85 Å². The minimum Gasteiger partial charge on any atom is -0.543 e. The van der Waals surface area contributed by atoms with Gasteiger partial charge in [-0.3, -0.25) is 0 Å². The Balaban J connectivity index is 2.63. The smallest absolute Gasteiger partial charge is 0.242 e. The number of hydrogen-bond donors (Lipinski definition) is 0. The Morgan fingerprint density at radius 2 is 0.853 bits per heavy atom. The van der Waals surface area contributed by atoms with Gasteiger partial charge in [0.2, 0.25) is 16.6 Å². The molecule has 0 N–H and O–H groups in total. The Kier molecular flexibility index (Phi) is 8.88. The monoisotopic (exact) mass is 534 g/mol. The zero-order valence-electron chi connectivity index (χ0n) is 23.9. The van der Waals surface area contributed by atoms with Crippen LogP contribution in [0.5, 0.6) is 11.5 Å². The van der Waals surface area contributed by atoms with Crippen molar-refractivity contribution >= 4 is 38.2 Å². The van der Waals surface area contributed by atoms with Gasteiger partial charge in [-0.05, 0) is 120 Å². The molecular weight excluding hydrogens is 489 g/mol. The molecule has 0 unspecified atom stereocenters. The first kappa shape index (κ1) is 29.4. The van der Waals surface area contributed by atoms with Gasteiger partial charge in [-0.15, -0.1) is 0 Å². The standard InChI is InChI=1S/C28H46O2S2Si2/c1-19-15-21(27(3,4)5)25(29-33(9,10)11)23(17-19)31-32-24-18-20(2)16-22(28(6,7)8)26(24)30-34(12,13)14/h15-18H,1-14H3. The van der Waals surface area contributed by atoms with Crippen LogP contribution in [-0.2, 0) is 10.8 Å². The molecule has 0 aromatic heterocycles. The van der Waals surface area contributed by atoms with Gasteiger partial charge in [0.15, 0.2) is 0 Å². The van der Waals surface area contributed by atoms with Crippen LogP contribution >= 0.6 is 21.6 Å². The van der Waals surface area contributed by atoms with Gasteiger partial charge in [0.25, 0.3) is 0 Å². The highest BCUT2D eigenvalue weighted by molar-refractivity contribution is 8.76. The van der Waals surface area contributed by atoms with Crippen molar-refractivity contribution in [2.24, 2.45) is 0 Å². The number of benzene rings is 2. The van der Waals surface area contributed by atoms with E-state index in [0.717, 1.165) is 11.5 Å². The summed E-state index contributed by atoms with van der Waals surface area (Å²) in [6.45, 7) is 31.6. The third kappa shape index (κ3) is 8.39. The second kappa shape index (κ2) is 10.3. The topological polar surface area (TPSA) is 18.5 Å². The van der Waals surface area contributed by atoms with Crippen molar-refractivity contribution in [3.63, 3.8) is 0 Å². The van der Waals surface area contributed by atoms with E-state index >= 15 is 0 Å². The molecule has 0 atom stereocenters. The fourth-order valence-electron chi connectivity index (χ4n) is 3.63. The van der Waals surface area contributed by atoms with Crippen LogP contribution in [0.15, 0.2) is 34.1 Å². The van der Waals surface area contributed by atoms with Crippen LogP contribution < -0.4 is 8.85 Å². The van der Waals surface area contributed by atoms with Crippen molar-refractivity contribution in [1.29, 1.82) is 0 Å². The third-order valence-corrected chi connectivity index (χ3v) is 9.06. The summed E-state index contributed by atoms with van der Waals surface area (Å²) in [5.74, 6) is 2.12. The maximum Gasteiger partial charge on any atom is 0.242 e. The van der Waals surface area contributed by atoms with Gasteiger partial charge in [-0.1, -0.05) is 53.7 Å². The summed E-state index contributed by atoms with van der Waals surface area (Å²) in [7, 11) is 0.0207. The largest absolute Gasteiger partial charge is 0.543 e. The van der Waals surface area contributed by atoms with E-state index in [9.17, 15) is 0 Å². The molecule has 0 radical (unpaired) electrons. The average Bonchev–Trinajstić information content (AvgIpc) is 2.59. The maximum atomic E-state index is 6.73. The van der Waals surface area contributed by atoms with Crippen molar-refractivity contribution < 1.29 is 8.85 Å². The molecule has 0 saturated heterocycles. The molecule has 0 fully saturated rings. The molecule has 34 heavy (non-hydrogen) atoms. The van der Waals surface area contributed by atoms with Crippen LogP contribution in [0.3, 0.4) is 0 Å². The van der Waals surface area contributed by atoms with Crippen LogP contribution in [0.1, 0.15) is 63.8 Å². The van der Waals surface area contributed by atoms with Gasteiger partial charge in [-0.25, -0.2) is 0 Å². The van der Waals surface area contributed by atoms with E-state index in [1.807, 2.05) is 0 Å². The van der Waals surface area contributed by atoms with E-state index in [0.29, 0.717) is 0 Å². The summed E-state index contributed by atoms with van der Waals surface area (Å²) >= 11 is 0. The molecule has 2 aromatic carbocycles. The molecule has 2 aromatic rings. The van der Waals surface area contributed by atoms with Gasteiger partial charge < -0.3 is 8.85 Å². The second-order valence-corrected chi connectivity index (χ2v) is 24.4. The molecule has 0 heterocycles. The van der Waals surface area contributed by atoms with Gasteiger partial charge >= 0.3 is 0 Å². The zero-order valence-corrected chi connectivity index (χ0v) is 27.6. The number of rotatable bonds is 7. The van der Waals surface area contributed by atoms with E-state index in [1.165, 1.54) is 32.0 Å². The second-order valence-electron chi connectivity index (χ2n) is 13.4. The molecule has 0 aliphatic carbocycles. The van der Waals surface area contributed by atoms with Crippen LogP contribution in [0, 0.1) is 13.8 Å². The minimum atomic E-state index is -1.79. The lowest BCUT2D eigenvalue weighted by Crippen LogP contribution is -2.31. The Morgan fingerprint density at radius 1 is 0.559 bits per heavy atom. The van der Waals surface area contributed by atoms with Gasteiger partial charge in [0.05, 0.1) is 9.79 Å². The molecule has 0 aliphatic rings. The first-order valence-electron chi connectivity index (χ1n) is 12.2. The van der Waals surface area contributed by atoms with E-state index in [1.54, 1.807) is 21.6 Å². The summed E-state index contributed by atoms with van der Waals surface area (Å²) in [6, 6.07) is 9.16. The predicted octanol–water partition coefficient (Wildman–Crippen LogP) is 10.1. The first-order valence-corrected chi connectivity index (χ1v) is 21.2. The van der Waals surface area contributed by atoms with E-state index < -0.39 is 16.6 Å². The minimum absolute atomic E-state index is 0.00975. The van der Waals surface area contributed by atoms with Crippen LogP contribution in [0.4, 0.5) is 0 Å². The molecule has 0 saturated carbocycles. The van der Waals surface area contributed by atoms with Crippen molar-refractivity contribution in [2.75, 3.05) is 0 Å². The summed E-state index contributed by atoms with van der Waals surface area (Å²) in [4.78, 5) is 2.41. The predicted molar refractivity (Wildman–Crippen MR) is 159 cm³/mol. The number of hydrogen-bond acceptors (Lipinski definition) is 4. The first-order chi connectivity index (χ1) is 15.2. The number of aryl methyl sites for hydroxylation is 2. The average molecular weight is 535 g/mol. The van der Waals surface area contributed by atoms with Crippen molar-refractivity contribution in [1.82, 2.24) is 0 Å². The van der Waals surface area contributed by atoms with Crippen LogP contribution in [0.2, 0.25) is 39.3 Å². The highest BCUT2D eigenvalue weighted by Crippen LogP contribution is 2.51. The van der Waals surface area contributed by atoms with Crippen molar-refractivity contribution in [3.8, 4) is 11.5 Å². The van der Waals surface area contributed by atoms with Crippen LogP contribution in [-0.4, -0.2) is 16.6 Å². The highest BCUT2D eigenvalue weighted by atomic mass is 33.1. The molecule has 2 nitrogen and oxygen atoms in total. The zero-order chi connectivity index (χ0) is 26.3. The molecule has 0 amide bonds. The fraction of sp³-hybridized carbons (Fsp3) is 0.571. The van der Waals surface area contributed by atoms with E-state index in [2.05, 4.69) is 119 Å². The van der Waals surface area contributed by atoms with Crippen LogP contribution in [0.25, 0.3) is 0 Å². The van der Waals surface area contributed by atoms with Gasteiger partial charge in [-0.2, -0.15) is 0 Å². The lowest BCUT2D eigenvalue weighted by Gasteiger charge is -2.31. The molecule has 6 heteroatoms. The Bertz CT molecular complexity index is 938. The van der Waals surface area contributed by atoms with Crippen molar-refractivity contribution in [3.05, 3.63) is 46.5 Å². The molecule has 190 valence electrons. The van der Waals surface area contributed by atoms with E-state index in [-0.39, 0.29) is 10.8 Å².